The zero-order valence-electron chi connectivity index (χ0n) is 10.0. The number of rotatable bonds is 4. The quantitative estimate of drug-likeness (QED) is 0.919. The fraction of sp³-hybridized carbons (Fsp3) is 0.250. The molecule has 1 aromatic carbocycles. The Hall–Kier alpha value is -1.95. The van der Waals surface area contributed by atoms with Crippen molar-refractivity contribution in [1.82, 2.24) is 9.36 Å². The van der Waals surface area contributed by atoms with Crippen LogP contribution in [0.3, 0.4) is 0 Å². The molecule has 18 heavy (non-hydrogen) atoms. The van der Waals surface area contributed by atoms with Gasteiger partial charge in [0.05, 0.1) is 0 Å². The topological polar surface area (TPSA) is 72.3 Å². The van der Waals surface area contributed by atoms with E-state index in [1.165, 1.54) is 0 Å². The molecular formula is C12H12N2O3S. The fourth-order valence-electron chi connectivity index (χ4n) is 1.42. The number of nitrogens with zero attached hydrogens (tertiary/aromatic N) is 2. The van der Waals surface area contributed by atoms with Crippen LogP contribution >= 0.6 is 11.5 Å². The smallest absolute Gasteiger partial charge is 0.339 e. The Morgan fingerprint density at radius 3 is 2.89 bits per heavy atom. The number of carboxylic acid groups (broad SMARTS) is 1. The first kappa shape index (κ1) is 12.5. The van der Waals surface area contributed by atoms with Crippen molar-refractivity contribution in [3.8, 4) is 10.9 Å². The number of benzene rings is 1. The molecule has 0 radical (unpaired) electrons. The van der Waals surface area contributed by atoms with Crippen LogP contribution in [-0.4, -0.2) is 20.4 Å². The predicted molar refractivity (Wildman–Crippen MR) is 67.5 cm³/mol. The van der Waals surface area contributed by atoms with Crippen LogP contribution in [0, 0.1) is 6.92 Å². The van der Waals surface area contributed by atoms with Crippen LogP contribution in [0.15, 0.2) is 18.2 Å². The van der Waals surface area contributed by atoms with E-state index in [0.29, 0.717) is 11.0 Å². The lowest BCUT2D eigenvalue weighted by atomic mass is 10.1. The van der Waals surface area contributed by atoms with Crippen molar-refractivity contribution in [3.63, 3.8) is 0 Å². The number of carbonyl (C=O) groups is 1. The Kier molecular flexibility index (Phi) is 3.57. The first-order chi connectivity index (χ1) is 8.60. The molecule has 5 nitrogen and oxygen atoms in total. The molecule has 0 saturated heterocycles. The summed E-state index contributed by atoms with van der Waals surface area (Å²) < 4.78 is 9.55. The zero-order valence-corrected chi connectivity index (χ0v) is 10.8. The van der Waals surface area contributed by atoms with Gasteiger partial charge in [0.15, 0.2) is 0 Å². The van der Waals surface area contributed by atoms with Gasteiger partial charge in [-0.3, -0.25) is 0 Å². The van der Waals surface area contributed by atoms with Crippen molar-refractivity contribution < 1.29 is 14.6 Å². The highest BCUT2D eigenvalue weighted by molar-refractivity contribution is 7.07. The summed E-state index contributed by atoms with van der Waals surface area (Å²) in [6, 6.07) is 4.99. The molecule has 2 aromatic rings. The molecule has 2 rings (SSSR count). The van der Waals surface area contributed by atoms with E-state index < -0.39 is 5.97 Å². The second kappa shape index (κ2) is 5.14. The highest BCUT2D eigenvalue weighted by atomic mass is 32.1. The summed E-state index contributed by atoms with van der Waals surface area (Å²) in [4.78, 5) is 15.3. The summed E-state index contributed by atoms with van der Waals surface area (Å²) in [7, 11) is 0. The van der Waals surface area contributed by atoms with Gasteiger partial charge in [-0.2, -0.15) is 9.36 Å². The van der Waals surface area contributed by atoms with E-state index in [2.05, 4.69) is 9.36 Å². The molecule has 0 atom stereocenters. The second-order valence-corrected chi connectivity index (χ2v) is 4.45. The van der Waals surface area contributed by atoms with Gasteiger partial charge in [-0.15, -0.1) is 0 Å². The van der Waals surface area contributed by atoms with Crippen LogP contribution in [0.25, 0.3) is 0 Å². The van der Waals surface area contributed by atoms with Crippen molar-refractivity contribution in [1.29, 1.82) is 0 Å². The summed E-state index contributed by atoms with van der Waals surface area (Å²) in [5.74, 6) is -0.0418. The van der Waals surface area contributed by atoms with Crippen LogP contribution in [0.2, 0.25) is 0 Å². The van der Waals surface area contributed by atoms with Crippen molar-refractivity contribution >= 4 is 17.5 Å². The normalized spacial score (nSPS) is 10.3. The standard InChI is InChI=1S/C12H12N2O3S/c1-3-10-13-12(18-14-10)17-9-5-4-7(2)6-8(9)11(15)16/h4-6H,3H2,1-2H3,(H,15,16). The summed E-state index contributed by atoms with van der Waals surface area (Å²) in [5.41, 5.74) is 0.995. The summed E-state index contributed by atoms with van der Waals surface area (Å²) in [5, 5.41) is 9.47. The maximum absolute atomic E-state index is 11.1. The van der Waals surface area contributed by atoms with Gasteiger partial charge in [0.25, 0.3) is 5.19 Å². The zero-order chi connectivity index (χ0) is 13.1. The number of aromatic carboxylic acids is 1. The molecule has 0 spiro atoms. The molecule has 1 aromatic heterocycles. The van der Waals surface area contributed by atoms with Crippen LogP contribution in [-0.2, 0) is 6.42 Å². The molecule has 0 aliphatic heterocycles. The Balaban J connectivity index is 2.30. The van der Waals surface area contributed by atoms with Gasteiger partial charge in [0.2, 0.25) is 0 Å². The number of hydrogen-bond donors (Lipinski definition) is 1. The van der Waals surface area contributed by atoms with E-state index in [0.717, 1.165) is 23.5 Å². The molecule has 0 unspecified atom stereocenters. The average Bonchev–Trinajstić information content (AvgIpc) is 2.79. The highest BCUT2D eigenvalue weighted by Crippen LogP contribution is 2.27. The third-order valence-electron chi connectivity index (χ3n) is 2.33. The SMILES string of the molecule is CCc1nsc(Oc2ccc(C)cc2C(=O)O)n1. The van der Waals surface area contributed by atoms with Gasteiger partial charge in [0, 0.05) is 18.0 Å². The lowest BCUT2D eigenvalue weighted by Crippen LogP contribution is -2.00. The molecule has 94 valence electrons. The van der Waals surface area contributed by atoms with E-state index in [1.807, 2.05) is 13.8 Å². The van der Waals surface area contributed by atoms with Crippen LogP contribution in [0.5, 0.6) is 10.9 Å². The van der Waals surface area contributed by atoms with Gasteiger partial charge >= 0.3 is 5.97 Å². The first-order valence-electron chi connectivity index (χ1n) is 5.44. The molecule has 6 heteroatoms. The fourth-order valence-corrected chi connectivity index (χ4v) is 2.04. The molecule has 0 fully saturated rings. The minimum Gasteiger partial charge on any atom is -0.478 e. The molecule has 1 heterocycles. The highest BCUT2D eigenvalue weighted by Gasteiger charge is 2.14. The molecule has 0 amide bonds. The summed E-state index contributed by atoms with van der Waals surface area (Å²) in [6.07, 6.45) is 0.722. The van der Waals surface area contributed by atoms with Crippen LogP contribution < -0.4 is 4.74 Å². The molecular weight excluding hydrogens is 252 g/mol. The Morgan fingerprint density at radius 2 is 2.28 bits per heavy atom. The Labute approximate surface area is 108 Å². The van der Waals surface area contributed by atoms with Crippen LogP contribution in [0.4, 0.5) is 0 Å². The van der Waals surface area contributed by atoms with Gasteiger partial charge in [-0.1, -0.05) is 18.6 Å². The van der Waals surface area contributed by atoms with Crippen LogP contribution in [0.1, 0.15) is 28.7 Å². The third-order valence-corrected chi connectivity index (χ3v) is 2.96. The van der Waals surface area contributed by atoms with Crippen molar-refractivity contribution in [2.24, 2.45) is 0 Å². The lowest BCUT2D eigenvalue weighted by Gasteiger charge is -2.06. The number of ether oxygens (including phenoxy) is 1. The second-order valence-electron chi connectivity index (χ2n) is 3.74. The van der Waals surface area contributed by atoms with E-state index in [9.17, 15) is 4.79 Å². The minimum absolute atomic E-state index is 0.128. The number of aromatic nitrogens is 2. The van der Waals surface area contributed by atoms with E-state index >= 15 is 0 Å². The first-order valence-corrected chi connectivity index (χ1v) is 6.22. The molecule has 0 aliphatic rings. The maximum Gasteiger partial charge on any atom is 0.339 e. The molecule has 0 aliphatic carbocycles. The van der Waals surface area contributed by atoms with Crippen molar-refractivity contribution in [2.75, 3.05) is 0 Å². The third kappa shape index (κ3) is 2.65. The Bertz CT molecular complexity index is 580. The van der Waals surface area contributed by atoms with Gasteiger partial charge in [-0.25, -0.2) is 4.79 Å². The minimum atomic E-state index is -1.02. The van der Waals surface area contributed by atoms with E-state index in [-0.39, 0.29) is 11.3 Å². The molecule has 0 bridgehead atoms. The predicted octanol–water partition coefficient (Wildman–Crippen LogP) is 2.90. The van der Waals surface area contributed by atoms with E-state index in [1.54, 1.807) is 18.2 Å². The van der Waals surface area contributed by atoms with Gasteiger partial charge in [-0.05, 0) is 19.1 Å². The average molecular weight is 264 g/mol. The van der Waals surface area contributed by atoms with E-state index in [4.69, 9.17) is 9.84 Å². The summed E-state index contributed by atoms with van der Waals surface area (Å²) >= 11 is 1.12. The lowest BCUT2D eigenvalue weighted by molar-refractivity contribution is 0.0694. The maximum atomic E-state index is 11.1. The monoisotopic (exact) mass is 264 g/mol. The Morgan fingerprint density at radius 1 is 1.50 bits per heavy atom. The van der Waals surface area contributed by atoms with Crippen molar-refractivity contribution in [3.05, 3.63) is 35.2 Å². The largest absolute Gasteiger partial charge is 0.478 e. The van der Waals surface area contributed by atoms with Crippen molar-refractivity contribution in [2.45, 2.75) is 20.3 Å². The number of hydrogen-bond acceptors (Lipinski definition) is 5. The number of aryl methyl sites for hydroxylation is 2. The number of carboxylic acids is 1. The molecule has 0 saturated carbocycles. The summed E-state index contributed by atoms with van der Waals surface area (Å²) in [6.45, 7) is 3.77. The molecule has 1 N–H and O–H groups in total. The van der Waals surface area contributed by atoms with Gasteiger partial charge < -0.3 is 9.84 Å². The van der Waals surface area contributed by atoms with Gasteiger partial charge in [0.1, 0.15) is 17.1 Å².